The summed E-state index contributed by atoms with van der Waals surface area (Å²) in [7, 11) is 0. The number of nitrogens with zero attached hydrogens (tertiary/aromatic N) is 1. The van der Waals surface area contributed by atoms with Crippen molar-refractivity contribution in [3.05, 3.63) is 30.1 Å². The van der Waals surface area contributed by atoms with Crippen LogP contribution in [0.3, 0.4) is 0 Å². The summed E-state index contributed by atoms with van der Waals surface area (Å²) in [6.45, 7) is 3.18. The number of hydrogen-bond acceptors (Lipinski definition) is 2. The molecule has 2 heteroatoms. The van der Waals surface area contributed by atoms with Crippen LogP contribution in [0.15, 0.2) is 24.5 Å². The Morgan fingerprint density at radius 1 is 1.40 bits per heavy atom. The zero-order chi connectivity index (χ0) is 10.9. The third-order valence-electron chi connectivity index (χ3n) is 2.40. The molecule has 0 radical (unpaired) electrons. The van der Waals surface area contributed by atoms with Crippen molar-refractivity contribution in [3.63, 3.8) is 0 Å². The quantitative estimate of drug-likeness (QED) is 0.566. The average molecular weight is 202 g/mol. The van der Waals surface area contributed by atoms with E-state index in [1.807, 2.05) is 24.5 Å². The van der Waals surface area contributed by atoms with Gasteiger partial charge < -0.3 is 5.32 Å². The fourth-order valence-electron chi connectivity index (χ4n) is 1.44. The van der Waals surface area contributed by atoms with Crippen LogP contribution in [0.4, 0.5) is 0 Å². The van der Waals surface area contributed by atoms with E-state index in [4.69, 9.17) is 6.42 Å². The van der Waals surface area contributed by atoms with E-state index in [0.29, 0.717) is 6.04 Å². The fourth-order valence-corrected chi connectivity index (χ4v) is 1.44. The van der Waals surface area contributed by atoms with Crippen molar-refractivity contribution in [2.45, 2.75) is 32.2 Å². The van der Waals surface area contributed by atoms with Crippen LogP contribution in [0.25, 0.3) is 0 Å². The fraction of sp³-hybridized carbons (Fsp3) is 0.462. The number of hydrogen-bond donors (Lipinski definition) is 1. The molecule has 0 saturated heterocycles. The van der Waals surface area contributed by atoms with Crippen molar-refractivity contribution in [1.29, 1.82) is 0 Å². The molecule has 1 unspecified atom stereocenters. The van der Waals surface area contributed by atoms with Crippen LogP contribution in [0.5, 0.6) is 0 Å². The molecule has 1 aromatic rings. The van der Waals surface area contributed by atoms with Gasteiger partial charge in [-0.15, -0.1) is 12.3 Å². The predicted octanol–water partition coefficient (Wildman–Crippen LogP) is 2.54. The van der Waals surface area contributed by atoms with E-state index in [9.17, 15) is 0 Å². The number of nitrogens with one attached hydrogen (secondary N) is 1. The van der Waals surface area contributed by atoms with Crippen LogP contribution in [0, 0.1) is 12.3 Å². The monoisotopic (exact) mass is 202 g/mol. The van der Waals surface area contributed by atoms with Crippen molar-refractivity contribution in [1.82, 2.24) is 10.3 Å². The summed E-state index contributed by atoms with van der Waals surface area (Å²) < 4.78 is 0. The third-order valence-corrected chi connectivity index (χ3v) is 2.40. The lowest BCUT2D eigenvalue weighted by molar-refractivity contribution is 0.549. The van der Waals surface area contributed by atoms with Gasteiger partial charge in [0.25, 0.3) is 0 Å². The Bertz CT molecular complexity index is 300. The van der Waals surface area contributed by atoms with Crippen molar-refractivity contribution >= 4 is 0 Å². The first-order valence-electron chi connectivity index (χ1n) is 5.41. The number of unbranched alkanes of at least 4 members (excludes halogenated alkanes) is 2. The zero-order valence-corrected chi connectivity index (χ0v) is 9.24. The molecule has 80 valence electrons. The van der Waals surface area contributed by atoms with E-state index >= 15 is 0 Å². The summed E-state index contributed by atoms with van der Waals surface area (Å²) >= 11 is 0. The van der Waals surface area contributed by atoms with Crippen molar-refractivity contribution < 1.29 is 0 Å². The largest absolute Gasteiger partial charge is 0.310 e. The lowest BCUT2D eigenvalue weighted by atomic mass is 10.1. The highest BCUT2D eigenvalue weighted by molar-refractivity contribution is 5.13. The Morgan fingerprint density at radius 2 is 2.13 bits per heavy atom. The van der Waals surface area contributed by atoms with Crippen LogP contribution < -0.4 is 5.32 Å². The summed E-state index contributed by atoms with van der Waals surface area (Å²) in [4.78, 5) is 4.00. The van der Waals surface area contributed by atoms with Gasteiger partial charge in [-0.2, -0.15) is 0 Å². The average Bonchev–Trinajstić information content (AvgIpc) is 2.30. The molecule has 0 aliphatic carbocycles. The Morgan fingerprint density at radius 3 is 2.80 bits per heavy atom. The minimum atomic E-state index is 0.388. The summed E-state index contributed by atoms with van der Waals surface area (Å²) in [5, 5.41) is 3.46. The minimum absolute atomic E-state index is 0.388. The van der Waals surface area contributed by atoms with Crippen molar-refractivity contribution in [2.75, 3.05) is 6.54 Å². The molecule has 0 fully saturated rings. The van der Waals surface area contributed by atoms with Gasteiger partial charge in [0, 0.05) is 24.9 Å². The highest BCUT2D eigenvalue weighted by Gasteiger charge is 2.02. The summed E-state index contributed by atoms with van der Waals surface area (Å²) in [5.74, 6) is 2.65. The zero-order valence-electron chi connectivity index (χ0n) is 9.24. The first-order valence-corrected chi connectivity index (χ1v) is 5.41. The standard InChI is InChI=1S/C13H18N2/c1-3-4-5-6-9-15-12(2)13-7-10-14-11-8-13/h1,7-8,10-12,15H,4-6,9H2,2H3. The molecule has 0 aliphatic rings. The van der Waals surface area contributed by atoms with Gasteiger partial charge in [0.05, 0.1) is 0 Å². The second-order valence-corrected chi connectivity index (χ2v) is 3.62. The Hall–Kier alpha value is -1.33. The van der Waals surface area contributed by atoms with Crippen LogP contribution in [-0.4, -0.2) is 11.5 Å². The molecule has 0 saturated carbocycles. The van der Waals surface area contributed by atoms with Crippen LogP contribution in [0.2, 0.25) is 0 Å². The molecule has 1 rings (SSSR count). The predicted molar refractivity (Wildman–Crippen MR) is 63.3 cm³/mol. The molecule has 0 aromatic carbocycles. The Kier molecular flexibility index (Phi) is 5.50. The van der Waals surface area contributed by atoms with Gasteiger partial charge >= 0.3 is 0 Å². The maximum Gasteiger partial charge on any atom is 0.0292 e. The molecule has 0 aliphatic heterocycles. The maximum absolute atomic E-state index is 5.18. The van der Waals surface area contributed by atoms with Gasteiger partial charge in [-0.05, 0) is 44.0 Å². The molecule has 0 amide bonds. The highest BCUT2D eigenvalue weighted by atomic mass is 14.9. The van der Waals surface area contributed by atoms with E-state index in [1.165, 1.54) is 5.56 Å². The molecule has 0 spiro atoms. The third kappa shape index (κ3) is 4.62. The molecule has 1 N–H and O–H groups in total. The van der Waals surface area contributed by atoms with Gasteiger partial charge in [-0.25, -0.2) is 0 Å². The smallest absolute Gasteiger partial charge is 0.0292 e. The van der Waals surface area contributed by atoms with Gasteiger partial charge in [0.1, 0.15) is 0 Å². The second kappa shape index (κ2) is 7.03. The molecule has 1 aromatic heterocycles. The lowest BCUT2D eigenvalue weighted by Gasteiger charge is -2.13. The minimum Gasteiger partial charge on any atom is -0.310 e. The summed E-state index contributed by atoms with van der Waals surface area (Å²) in [5.41, 5.74) is 1.28. The van der Waals surface area contributed by atoms with Crippen LogP contribution >= 0.6 is 0 Å². The van der Waals surface area contributed by atoms with Crippen LogP contribution in [0.1, 0.15) is 37.8 Å². The van der Waals surface area contributed by atoms with E-state index in [0.717, 1.165) is 25.8 Å². The topological polar surface area (TPSA) is 24.9 Å². The first-order chi connectivity index (χ1) is 7.34. The highest BCUT2D eigenvalue weighted by Crippen LogP contribution is 2.09. The van der Waals surface area contributed by atoms with Gasteiger partial charge in [0.2, 0.25) is 0 Å². The summed E-state index contributed by atoms with van der Waals surface area (Å²) in [6, 6.07) is 4.47. The molecule has 1 atom stereocenters. The second-order valence-electron chi connectivity index (χ2n) is 3.62. The van der Waals surface area contributed by atoms with Gasteiger partial charge in [-0.1, -0.05) is 0 Å². The van der Waals surface area contributed by atoms with E-state index in [-0.39, 0.29) is 0 Å². The maximum atomic E-state index is 5.18. The number of terminal acetylenes is 1. The number of rotatable bonds is 6. The molecule has 0 bridgehead atoms. The Balaban J connectivity index is 2.20. The molecule has 1 heterocycles. The van der Waals surface area contributed by atoms with Crippen LogP contribution in [-0.2, 0) is 0 Å². The van der Waals surface area contributed by atoms with Crippen molar-refractivity contribution in [2.24, 2.45) is 0 Å². The van der Waals surface area contributed by atoms with Gasteiger partial charge in [0.15, 0.2) is 0 Å². The first kappa shape index (κ1) is 11.7. The van der Waals surface area contributed by atoms with Crippen molar-refractivity contribution in [3.8, 4) is 12.3 Å². The molecular weight excluding hydrogens is 184 g/mol. The van der Waals surface area contributed by atoms with E-state index in [2.05, 4.69) is 23.1 Å². The SMILES string of the molecule is C#CCCCCNC(C)c1ccncc1. The lowest BCUT2D eigenvalue weighted by Crippen LogP contribution is -2.19. The van der Waals surface area contributed by atoms with E-state index in [1.54, 1.807) is 0 Å². The number of aromatic nitrogens is 1. The summed E-state index contributed by atoms with van der Waals surface area (Å²) in [6.07, 6.45) is 12.0. The Labute approximate surface area is 92.1 Å². The van der Waals surface area contributed by atoms with E-state index < -0.39 is 0 Å². The van der Waals surface area contributed by atoms with Gasteiger partial charge in [-0.3, -0.25) is 4.98 Å². The number of pyridine rings is 1. The normalized spacial score (nSPS) is 12.0. The molecule has 15 heavy (non-hydrogen) atoms. The molecule has 2 nitrogen and oxygen atoms in total. The molecular formula is C13H18N2.